The molecule has 0 amide bonds. The molecular weight excluding hydrogens is 156 g/mol. The third kappa shape index (κ3) is 2.91. The lowest BCUT2D eigenvalue weighted by Gasteiger charge is -2.07. The van der Waals surface area contributed by atoms with E-state index in [2.05, 4.69) is 6.92 Å². The molecule has 1 aliphatic rings. The first-order valence-corrected chi connectivity index (χ1v) is 4.59. The second kappa shape index (κ2) is 5.27. The number of hydrogen-bond acceptors (Lipinski definition) is 3. The van der Waals surface area contributed by atoms with Crippen LogP contribution in [0.4, 0.5) is 0 Å². The summed E-state index contributed by atoms with van der Waals surface area (Å²) in [4.78, 5) is 10.3. The largest absolute Gasteiger partial charge is 0.349 e. The standard InChI is InChI=1S/C9H16O3/c1-2-3-4-5-9-11-7-8(6-10)12-9/h6,8-9H,2-5,7H2,1H3. The summed E-state index contributed by atoms with van der Waals surface area (Å²) in [6, 6.07) is 0. The zero-order valence-electron chi connectivity index (χ0n) is 7.49. The topological polar surface area (TPSA) is 35.5 Å². The molecule has 0 radical (unpaired) electrons. The van der Waals surface area contributed by atoms with Crippen LogP contribution < -0.4 is 0 Å². The van der Waals surface area contributed by atoms with Crippen molar-refractivity contribution in [3.63, 3.8) is 0 Å². The molecule has 1 fully saturated rings. The normalized spacial score (nSPS) is 29.1. The van der Waals surface area contributed by atoms with Crippen molar-refractivity contribution in [1.82, 2.24) is 0 Å². The molecule has 0 aromatic rings. The number of aldehydes is 1. The number of unbranched alkanes of at least 4 members (excludes halogenated alkanes) is 2. The van der Waals surface area contributed by atoms with Gasteiger partial charge in [-0.2, -0.15) is 0 Å². The third-order valence-corrected chi connectivity index (χ3v) is 1.97. The zero-order chi connectivity index (χ0) is 8.81. The second-order valence-corrected chi connectivity index (χ2v) is 3.07. The number of carbonyl (C=O) groups is 1. The van der Waals surface area contributed by atoms with Crippen molar-refractivity contribution in [2.75, 3.05) is 6.61 Å². The van der Waals surface area contributed by atoms with Crippen molar-refractivity contribution >= 4 is 6.29 Å². The Kier molecular flexibility index (Phi) is 4.25. The highest BCUT2D eigenvalue weighted by molar-refractivity contribution is 5.56. The Bertz CT molecular complexity index is 136. The highest BCUT2D eigenvalue weighted by Gasteiger charge is 2.24. The van der Waals surface area contributed by atoms with Gasteiger partial charge in [-0.25, -0.2) is 0 Å². The Balaban J connectivity index is 2.06. The van der Waals surface area contributed by atoms with Gasteiger partial charge in [0.1, 0.15) is 6.10 Å². The van der Waals surface area contributed by atoms with Gasteiger partial charge in [0.15, 0.2) is 12.6 Å². The van der Waals surface area contributed by atoms with E-state index in [1.165, 1.54) is 12.8 Å². The number of ether oxygens (including phenoxy) is 2. The molecule has 3 nitrogen and oxygen atoms in total. The molecule has 0 N–H and O–H groups in total. The lowest BCUT2D eigenvalue weighted by atomic mass is 10.2. The monoisotopic (exact) mass is 172 g/mol. The minimum Gasteiger partial charge on any atom is -0.349 e. The molecule has 0 bridgehead atoms. The summed E-state index contributed by atoms with van der Waals surface area (Å²) < 4.78 is 10.5. The maximum absolute atomic E-state index is 10.3. The van der Waals surface area contributed by atoms with E-state index in [0.717, 1.165) is 19.1 Å². The predicted molar refractivity (Wildman–Crippen MR) is 44.8 cm³/mol. The van der Waals surface area contributed by atoms with Crippen LogP contribution >= 0.6 is 0 Å². The van der Waals surface area contributed by atoms with Crippen LogP contribution in [0.15, 0.2) is 0 Å². The molecule has 0 aromatic carbocycles. The summed E-state index contributed by atoms with van der Waals surface area (Å²) in [6.45, 7) is 2.59. The summed E-state index contributed by atoms with van der Waals surface area (Å²) in [5.74, 6) is 0. The molecule has 1 rings (SSSR count). The summed E-state index contributed by atoms with van der Waals surface area (Å²) >= 11 is 0. The van der Waals surface area contributed by atoms with Crippen LogP contribution in [0.5, 0.6) is 0 Å². The molecule has 2 unspecified atom stereocenters. The molecule has 70 valence electrons. The average molecular weight is 172 g/mol. The fourth-order valence-corrected chi connectivity index (χ4v) is 1.26. The Labute approximate surface area is 73.0 Å². The van der Waals surface area contributed by atoms with Gasteiger partial charge in [-0.05, 0) is 12.8 Å². The van der Waals surface area contributed by atoms with Gasteiger partial charge >= 0.3 is 0 Å². The molecule has 3 heteroatoms. The lowest BCUT2D eigenvalue weighted by Crippen LogP contribution is -2.13. The quantitative estimate of drug-likeness (QED) is 0.465. The zero-order valence-corrected chi connectivity index (χ0v) is 7.49. The van der Waals surface area contributed by atoms with E-state index >= 15 is 0 Å². The first-order valence-electron chi connectivity index (χ1n) is 4.59. The first-order chi connectivity index (χ1) is 5.86. The number of hydrogen-bond donors (Lipinski definition) is 0. The minimum absolute atomic E-state index is 0.133. The van der Waals surface area contributed by atoms with Crippen molar-refractivity contribution in [3.8, 4) is 0 Å². The molecule has 0 spiro atoms. The average Bonchev–Trinajstić information content (AvgIpc) is 2.53. The SMILES string of the molecule is CCCCCC1OCC(C=O)O1. The molecule has 1 aliphatic heterocycles. The lowest BCUT2D eigenvalue weighted by molar-refractivity contribution is -0.119. The highest BCUT2D eigenvalue weighted by Crippen LogP contribution is 2.15. The maximum Gasteiger partial charge on any atom is 0.158 e. The molecular formula is C9H16O3. The van der Waals surface area contributed by atoms with Crippen LogP contribution in [-0.4, -0.2) is 25.3 Å². The van der Waals surface area contributed by atoms with Crippen LogP contribution in [0, 0.1) is 0 Å². The van der Waals surface area contributed by atoms with E-state index in [0.29, 0.717) is 6.61 Å². The summed E-state index contributed by atoms with van der Waals surface area (Å²) in [6.07, 6.45) is 4.78. The minimum atomic E-state index is -0.323. The van der Waals surface area contributed by atoms with Gasteiger partial charge in [0, 0.05) is 0 Å². The van der Waals surface area contributed by atoms with Gasteiger partial charge < -0.3 is 14.3 Å². The molecule has 0 aromatic heterocycles. The van der Waals surface area contributed by atoms with Crippen molar-refractivity contribution in [2.45, 2.75) is 45.0 Å². The van der Waals surface area contributed by atoms with E-state index in [4.69, 9.17) is 9.47 Å². The van der Waals surface area contributed by atoms with E-state index in [-0.39, 0.29) is 12.4 Å². The predicted octanol–water partition coefficient (Wildman–Crippen LogP) is 1.51. The van der Waals surface area contributed by atoms with Gasteiger partial charge in [0.2, 0.25) is 0 Å². The van der Waals surface area contributed by atoms with Gasteiger partial charge in [-0.3, -0.25) is 0 Å². The van der Waals surface area contributed by atoms with Crippen LogP contribution in [-0.2, 0) is 14.3 Å². The second-order valence-electron chi connectivity index (χ2n) is 3.07. The van der Waals surface area contributed by atoms with Gasteiger partial charge in [0.25, 0.3) is 0 Å². The van der Waals surface area contributed by atoms with E-state index in [1.54, 1.807) is 0 Å². The first kappa shape index (κ1) is 9.68. The molecule has 2 atom stereocenters. The Hall–Kier alpha value is -0.410. The van der Waals surface area contributed by atoms with Gasteiger partial charge in [0.05, 0.1) is 6.61 Å². The van der Waals surface area contributed by atoms with Crippen LogP contribution in [0.1, 0.15) is 32.6 Å². The Morgan fingerprint density at radius 3 is 2.92 bits per heavy atom. The molecule has 1 heterocycles. The van der Waals surface area contributed by atoms with E-state index < -0.39 is 0 Å². The van der Waals surface area contributed by atoms with Crippen molar-refractivity contribution < 1.29 is 14.3 Å². The van der Waals surface area contributed by atoms with E-state index in [9.17, 15) is 4.79 Å². The fourth-order valence-electron chi connectivity index (χ4n) is 1.26. The maximum atomic E-state index is 10.3. The van der Waals surface area contributed by atoms with Crippen molar-refractivity contribution in [3.05, 3.63) is 0 Å². The smallest absolute Gasteiger partial charge is 0.158 e. The van der Waals surface area contributed by atoms with Crippen LogP contribution in [0.3, 0.4) is 0 Å². The fraction of sp³-hybridized carbons (Fsp3) is 0.889. The van der Waals surface area contributed by atoms with Gasteiger partial charge in [-0.15, -0.1) is 0 Å². The number of rotatable bonds is 5. The molecule has 0 aliphatic carbocycles. The molecule has 0 saturated carbocycles. The molecule has 12 heavy (non-hydrogen) atoms. The molecule has 1 saturated heterocycles. The summed E-state index contributed by atoms with van der Waals surface area (Å²) in [5, 5.41) is 0. The van der Waals surface area contributed by atoms with Crippen LogP contribution in [0.2, 0.25) is 0 Å². The van der Waals surface area contributed by atoms with Crippen LogP contribution in [0.25, 0.3) is 0 Å². The summed E-state index contributed by atoms with van der Waals surface area (Å²) in [5.41, 5.74) is 0. The summed E-state index contributed by atoms with van der Waals surface area (Å²) in [7, 11) is 0. The van der Waals surface area contributed by atoms with Crippen molar-refractivity contribution in [1.29, 1.82) is 0 Å². The van der Waals surface area contributed by atoms with Gasteiger partial charge in [-0.1, -0.05) is 19.8 Å². The van der Waals surface area contributed by atoms with Crippen molar-refractivity contribution in [2.24, 2.45) is 0 Å². The number of carbonyl (C=O) groups excluding carboxylic acids is 1. The Morgan fingerprint density at radius 1 is 1.50 bits per heavy atom. The highest BCUT2D eigenvalue weighted by atomic mass is 16.7. The third-order valence-electron chi connectivity index (χ3n) is 1.97. The Morgan fingerprint density at radius 2 is 2.33 bits per heavy atom. The van der Waals surface area contributed by atoms with E-state index in [1.807, 2.05) is 0 Å².